The highest BCUT2D eigenvalue weighted by molar-refractivity contribution is 5.85. The van der Waals surface area contributed by atoms with Gasteiger partial charge in [0.25, 0.3) is 0 Å². The number of nitrogens with zero attached hydrogens (tertiary/aromatic N) is 1. The van der Waals surface area contributed by atoms with Crippen LogP contribution >= 0.6 is 24.8 Å². The third-order valence-electron chi connectivity index (χ3n) is 2.55. The van der Waals surface area contributed by atoms with Crippen LogP contribution < -0.4 is 11.1 Å². The van der Waals surface area contributed by atoms with Gasteiger partial charge in [-0.25, -0.2) is 0 Å². The van der Waals surface area contributed by atoms with Gasteiger partial charge in [0.05, 0.1) is 5.92 Å². The lowest BCUT2D eigenvalue weighted by atomic mass is 9.99. The first-order chi connectivity index (χ1) is 7.46. The van der Waals surface area contributed by atoms with Crippen molar-refractivity contribution in [3.05, 3.63) is 30.1 Å². The molecule has 6 heteroatoms. The molecule has 0 radical (unpaired) electrons. The molecule has 4 nitrogen and oxygen atoms in total. The van der Waals surface area contributed by atoms with Crippen LogP contribution in [0.25, 0.3) is 0 Å². The van der Waals surface area contributed by atoms with Crippen molar-refractivity contribution in [3.63, 3.8) is 0 Å². The highest BCUT2D eigenvalue weighted by atomic mass is 35.5. The number of carbonyl (C=O) groups excluding carboxylic acids is 1. The summed E-state index contributed by atoms with van der Waals surface area (Å²) in [5.41, 5.74) is 6.11. The Kier molecular flexibility index (Phi) is 8.99. The molecule has 0 saturated heterocycles. The monoisotopic (exact) mass is 293 g/mol. The lowest BCUT2D eigenvalue weighted by molar-refractivity contribution is -0.123. The Morgan fingerprint density at radius 2 is 2.11 bits per heavy atom. The standard InChI is InChI=1S/C12H19N3O.2ClH/c1-9(10-5-4-6-14-7-10)11(16)15-12(2,3)8-13;;/h4-7,9H,8,13H2,1-3H3,(H,15,16);2*1H. The lowest BCUT2D eigenvalue weighted by Gasteiger charge is -2.26. The number of carbonyl (C=O) groups is 1. The summed E-state index contributed by atoms with van der Waals surface area (Å²) in [6.45, 7) is 6.08. The number of hydrogen-bond donors (Lipinski definition) is 2. The molecule has 0 aliphatic carbocycles. The van der Waals surface area contributed by atoms with Gasteiger partial charge in [-0.1, -0.05) is 6.07 Å². The molecule has 1 unspecified atom stereocenters. The molecule has 0 fully saturated rings. The Labute approximate surface area is 121 Å². The maximum atomic E-state index is 11.9. The van der Waals surface area contributed by atoms with Crippen molar-refractivity contribution in [3.8, 4) is 0 Å². The van der Waals surface area contributed by atoms with Crippen molar-refractivity contribution >= 4 is 30.7 Å². The van der Waals surface area contributed by atoms with Crippen LogP contribution in [0.15, 0.2) is 24.5 Å². The normalized spacial score (nSPS) is 11.8. The van der Waals surface area contributed by atoms with Gasteiger partial charge in [0.15, 0.2) is 0 Å². The maximum Gasteiger partial charge on any atom is 0.227 e. The fourth-order valence-corrected chi connectivity index (χ4v) is 1.28. The molecule has 0 spiro atoms. The Morgan fingerprint density at radius 3 is 2.56 bits per heavy atom. The molecule has 3 N–H and O–H groups in total. The van der Waals surface area contributed by atoms with E-state index >= 15 is 0 Å². The molecule has 1 rings (SSSR count). The van der Waals surface area contributed by atoms with Gasteiger partial charge in [0, 0.05) is 24.5 Å². The largest absolute Gasteiger partial charge is 0.349 e. The molecular weight excluding hydrogens is 273 g/mol. The summed E-state index contributed by atoms with van der Waals surface area (Å²) in [5.74, 6) is -0.233. The molecule has 0 aliphatic heterocycles. The van der Waals surface area contributed by atoms with Gasteiger partial charge in [0.2, 0.25) is 5.91 Å². The van der Waals surface area contributed by atoms with E-state index < -0.39 is 0 Å². The Hall–Kier alpha value is -0.840. The summed E-state index contributed by atoms with van der Waals surface area (Å²) in [4.78, 5) is 15.9. The second kappa shape index (κ2) is 8.29. The summed E-state index contributed by atoms with van der Waals surface area (Å²) in [5, 5.41) is 2.91. The second-order valence-electron chi connectivity index (χ2n) is 4.59. The minimum absolute atomic E-state index is 0. The molecule has 1 aromatic heterocycles. The molecule has 0 aliphatic rings. The van der Waals surface area contributed by atoms with E-state index in [1.807, 2.05) is 32.9 Å². The van der Waals surface area contributed by atoms with Crippen LogP contribution in [0, 0.1) is 0 Å². The van der Waals surface area contributed by atoms with E-state index in [-0.39, 0.29) is 42.2 Å². The first kappa shape index (κ1) is 19.5. The van der Waals surface area contributed by atoms with Crippen molar-refractivity contribution in [1.82, 2.24) is 10.3 Å². The first-order valence-electron chi connectivity index (χ1n) is 5.38. The molecule has 1 aromatic rings. The second-order valence-corrected chi connectivity index (χ2v) is 4.59. The van der Waals surface area contributed by atoms with E-state index in [9.17, 15) is 4.79 Å². The molecular formula is C12H21Cl2N3O. The summed E-state index contributed by atoms with van der Waals surface area (Å²) in [7, 11) is 0. The van der Waals surface area contributed by atoms with E-state index in [1.54, 1.807) is 12.4 Å². The van der Waals surface area contributed by atoms with Gasteiger partial charge < -0.3 is 11.1 Å². The van der Waals surface area contributed by atoms with Gasteiger partial charge in [-0.15, -0.1) is 24.8 Å². The number of rotatable bonds is 4. The van der Waals surface area contributed by atoms with Crippen LogP contribution in [-0.4, -0.2) is 23.0 Å². The highest BCUT2D eigenvalue weighted by Crippen LogP contribution is 2.14. The molecule has 0 saturated carbocycles. The van der Waals surface area contributed by atoms with Crippen LogP contribution in [0.1, 0.15) is 32.3 Å². The van der Waals surface area contributed by atoms with Crippen LogP contribution in [0.5, 0.6) is 0 Å². The third kappa shape index (κ3) is 5.67. The van der Waals surface area contributed by atoms with Crippen molar-refractivity contribution < 1.29 is 4.79 Å². The number of halogens is 2. The van der Waals surface area contributed by atoms with Crippen molar-refractivity contribution in [1.29, 1.82) is 0 Å². The lowest BCUT2D eigenvalue weighted by Crippen LogP contribution is -2.50. The van der Waals surface area contributed by atoms with E-state index in [0.717, 1.165) is 5.56 Å². The van der Waals surface area contributed by atoms with Gasteiger partial charge in [-0.05, 0) is 32.4 Å². The number of nitrogens with two attached hydrogens (primary N) is 1. The Bertz CT molecular complexity index is 358. The fourth-order valence-electron chi connectivity index (χ4n) is 1.28. The van der Waals surface area contributed by atoms with Gasteiger partial charge in [-0.2, -0.15) is 0 Å². The molecule has 0 bridgehead atoms. The fraction of sp³-hybridized carbons (Fsp3) is 0.500. The number of pyridine rings is 1. The van der Waals surface area contributed by atoms with Crippen molar-refractivity contribution in [2.75, 3.05) is 6.54 Å². The van der Waals surface area contributed by atoms with Gasteiger partial charge >= 0.3 is 0 Å². The molecule has 18 heavy (non-hydrogen) atoms. The molecule has 0 aromatic carbocycles. The minimum Gasteiger partial charge on any atom is -0.349 e. The summed E-state index contributed by atoms with van der Waals surface area (Å²) in [6.07, 6.45) is 3.40. The number of amides is 1. The van der Waals surface area contributed by atoms with Crippen LogP contribution in [0.3, 0.4) is 0 Å². The molecule has 1 heterocycles. The Balaban J connectivity index is 0. The third-order valence-corrected chi connectivity index (χ3v) is 2.55. The van der Waals surface area contributed by atoms with Gasteiger partial charge in [-0.3, -0.25) is 9.78 Å². The first-order valence-corrected chi connectivity index (χ1v) is 5.38. The Morgan fingerprint density at radius 1 is 1.50 bits per heavy atom. The SMILES string of the molecule is CC(C(=O)NC(C)(C)CN)c1cccnc1.Cl.Cl. The van der Waals surface area contributed by atoms with Crippen molar-refractivity contribution in [2.24, 2.45) is 5.73 Å². The average molecular weight is 294 g/mol. The van der Waals surface area contributed by atoms with Crippen LogP contribution in [0.2, 0.25) is 0 Å². The van der Waals surface area contributed by atoms with Gasteiger partial charge in [0.1, 0.15) is 0 Å². The minimum atomic E-state index is -0.368. The number of hydrogen-bond acceptors (Lipinski definition) is 3. The zero-order chi connectivity index (χ0) is 12.2. The predicted molar refractivity (Wildman–Crippen MR) is 78.4 cm³/mol. The quantitative estimate of drug-likeness (QED) is 0.891. The highest BCUT2D eigenvalue weighted by Gasteiger charge is 2.22. The molecule has 104 valence electrons. The zero-order valence-corrected chi connectivity index (χ0v) is 12.5. The predicted octanol–water partition coefficient (Wildman–Crippen LogP) is 1.88. The van der Waals surface area contributed by atoms with Crippen LogP contribution in [0.4, 0.5) is 0 Å². The topological polar surface area (TPSA) is 68.0 Å². The van der Waals surface area contributed by atoms with Crippen molar-refractivity contribution in [2.45, 2.75) is 32.2 Å². The van der Waals surface area contributed by atoms with E-state index in [4.69, 9.17) is 5.73 Å². The van der Waals surface area contributed by atoms with Crippen LogP contribution in [-0.2, 0) is 4.79 Å². The number of aromatic nitrogens is 1. The zero-order valence-electron chi connectivity index (χ0n) is 10.8. The molecule has 1 amide bonds. The summed E-state index contributed by atoms with van der Waals surface area (Å²) >= 11 is 0. The summed E-state index contributed by atoms with van der Waals surface area (Å²) < 4.78 is 0. The van der Waals surface area contributed by atoms with E-state index in [0.29, 0.717) is 6.54 Å². The molecule has 1 atom stereocenters. The maximum absolute atomic E-state index is 11.9. The van der Waals surface area contributed by atoms with E-state index in [1.165, 1.54) is 0 Å². The summed E-state index contributed by atoms with van der Waals surface area (Å²) in [6, 6.07) is 3.72. The average Bonchev–Trinajstić information content (AvgIpc) is 2.28. The van der Waals surface area contributed by atoms with E-state index in [2.05, 4.69) is 10.3 Å². The number of nitrogens with one attached hydrogen (secondary N) is 1. The smallest absolute Gasteiger partial charge is 0.227 e.